The van der Waals surface area contributed by atoms with Gasteiger partial charge in [-0.1, -0.05) is 0 Å². The number of nitrogens with zero attached hydrogens (tertiary/aromatic N) is 2. The Bertz CT molecular complexity index is 934. The Labute approximate surface area is 174 Å². The zero-order valence-electron chi connectivity index (χ0n) is 16.0. The molecular formula is C22H25N3OS2. The quantitative estimate of drug-likeness (QED) is 0.761. The van der Waals surface area contributed by atoms with Crippen molar-refractivity contribution in [3.8, 4) is 6.07 Å². The van der Waals surface area contributed by atoms with Gasteiger partial charge in [0.2, 0.25) is 5.91 Å². The minimum atomic E-state index is 0.0424. The summed E-state index contributed by atoms with van der Waals surface area (Å²) >= 11 is 3.50. The highest BCUT2D eigenvalue weighted by molar-refractivity contribution is 7.16. The molecule has 0 aromatic carbocycles. The third kappa shape index (κ3) is 3.41. The van der Waals surface area contributed by atoms with E-state index in [1.807, 2.05) is 11.3 Å². The number of thiophene rings is 2. The molecule has 0 spiro atoms. The minimum Gasteiger partial charge on any atom is -0.317 e. The fourth-order valence-corrected chi connectivity index (χ4v) is 6.99. The number of aryl methyl sites for hydroxylation is 1. The molecule has 0 bridgehead atoms. The number of carbonyl (C=O) groups excluding carboxylic acids is 1. The lowest BCUT2D eigenvalue weighted by Gasteiger charge is -2.36. The molecule has 0 radical (unpaired) electrons. The van der Waals surface area contributed by atoms with Gasteiger partial charge in [-0.15, -0.1) is 22.7 Å². The van der Waals surface area contributed by atoms with Crippen LogP contribution in [0.2, 0.25) is 0 Å². The van der Waals surface area contributed by atoms with Gasteiger partial charge in [-0.3, -0.25) is 9.69 Å². The van der Waals surface area contributed by atoms with Crippen molar-refractivity contribution in [3.05, 3.63) is 37.9 Å². The molecule has 1 N–H and O–H groups in total. The summed E-state index contributed by atoms with van der Waals surface area (Å²) in [5.41, 5.74) is 3.41. The van der Waals surface area contributed by atoms with Gasteiger partial charge in [0, 0.05) is 35.3 Å². The van der Waals surface area contributed by atoms with Crippen molar-refractivity contribution in [2.45, 2.75) is 57.4 Å². The number of carbonyl (C=O) groups is 1. The Morgan fingerprint density at radius 3 is 2.93 bits per heavy atom. The third-order valence-electron chi connectivity index (χ3n) is 6.35. The van der Waals surface area contributed by atoms with E-state index in [9.17, 15) is 10.1 Å². The van der Waals surface area contributed by atoms with Crippen LogP contribution in [-0.4, -0.2) is 23.9 Å². The molecule has 1 saturated carbocycles. The van der Waals surface area contributed by atoms with E-state index < -0.39 is 0 Å². The van der Waals surface area contributed by atoms with E-state index in [1.165, 1.54) is 35.3 Å². The van der Waals surface area contributed by atoms with Gasteiger partial charge in [-0.25, -0.2) is 0 Å². The average Bonchev–Trinajstić information content (AvgIpc) is 3.32. The summed E-state index contributed by atoms with van der Waals surface area (Å²) in [4.78, 5) is 18.1. The first-order chi connectivity index (χ1) is 13.7. The van der Waals surface area contributed by atoms with E-state index in [0.717, 1.165) is 49.7 Å². The fraction of sp³-hybridized carbons (Fsp3) is 0.545. The van der Waals surface area contributed by atoms with Crippen molar-refractivity contribution in [1.82, 2.24) is 4.90 Å². The molecular weight excluding hydrogens is 386 g/mol. The molecule has 28 heavy (non-hydrogen) atoms. The molecule has 0 saturated heterocycles. The second kappa shape index (κ2) is 7.62. The highest BCUT2D eigenvalue weighted by Gasteiger charge is 2.39. The molecule has 4 nitrogen and oxygen atoms in total. The maximum absolute atomic E-state index is 12.7. The molecule has 3 aliphatic rings. The molecule has 1 fully saturated rings. The van der Waals surface area contributed by atoms with Gasteiger partial charge in [0.15, 0.2) is 0 Å². The van der Waals surface area contributed by atoms with E-state index in [1.54, 1.807) is 16.2 Å². The number of rotatable bonds is 5. The van der Waals surface area contributed by atoms with Gasteiger partial charge >= 0.3 is 0 Å². The van der Waals surface area contributed by atoms with Gasteiger partial charge in [0.25, 0.3) is 0 Å². The lowest BCUT2D eigenvalue weighted by atomic mass is 9.95. The zero-order chi connectivity index (χ0) is 19.1. The molecule has 1 aliphatic heterocycles. The maximum atomic E-state index is 12.7. The highest BCUT2D eigenvalue weighted by atomic mass is 32.1. The summed E-state index contributed by atoms with van der Waals surface area (Å²) in [5.74, 6) is 0.812. The normalized spacial score (nSPS) is 21.6. The average molecular weight is 412 g/mol. The smallest absolute Gasteiger partial charge is 0.226 e. The van der Waals surface area contributed by atoms with E-state index in [4.69, 9.17) is 0 Å². The second-order valence-electron chi connectivity index (χ2n) is 8.19. The fourth-order valence-electron chi connectivity index (χ4n) is 4.82. The van der Waals surface area contributed by atoms with Crippen molar-refractivity contribution in [1.29, 1.82) is 5.26 Å². The van der Waals surface area contributed by atoms with E-state index in [-0.39, 0.29) is 5.91 Å². The van der Waals surface area contributed by atoms with Crippen LogP contribution in [0.4, 0.5) is 5.00 Å². The van der Waals surface area contributed by atoms with Crippen LogP contribution in [0.3, 0.4) is 0 Å². The summed E-state index contributed by atoms with van der Waals surface area (Å²) in [6.07, 6.45) is 8.59. The molecule has 1 amide bonds. The number of nitrogens with one attached hydrogen (secondary N) is 1. The summed E-state index contributed by atoms with van der Waals surface area (Å²) in [6, 6.07) is 5.14. The van der Waals surface area contributed by atoms with E-state index in [0.29, 0.717) is 18.0 Å². The number of amides is 1. The largest absolute Gasteiger partial charge is 0.317 e. The van der Waals surface area contributed by atoms with E-state index in [2.05, 4.69) is 27.7 Å². The van der Waals surface area contributed by atoms with Crippen LogP contribution in [0, 0.1) is 17.2 Å². The molecule has 3 heterocycles. The van der Waals surface area contributed by atoms with Crippen LogP contribution in [0.1, 0.15) is 64.6 Å². The summed E-state index contributed by atoms with van der Waals surface area (Å²) in [7, 11) is 0. The van der Waals surface area contributed by atoms with E-state index >= 15 is 0 Å². The van der Waals surface area contributed by atoms with Crippen molar-refractivity contribution in [2.24, 2.45) is 5.92 Å². The number of fused-ring (bicyclic) bond motifs is 2. The molecule has 5 rings (SSSR count). The van der Waals surface area contributed by atoms with Gasteiger partial charge in [-0.2, -0.15) is 5.26 Å². The predicted octanol–water partition coefficient (Wildman–Crippen LogP) is 4.90. The van der Waals surface area contributed by atoms with Crippen molar-refractivity contribution in [2.75, 3.05) is 18.4 Å². The summed E-state index contributed by atoms with van der Waals surface area (Å²) < 4.78 is 0. The third-order valence-corrected chi connectivity index (χ3v) is 8.55. The molecule has 146 valence electrons. The molecule has 2 aromatic heterocycles. The predicted molar refractivity (Wildman–Crippen MR) is 114 cm³/mol. The summed E-state index contributed by atoms with van der Waals surface area (Å²) in [5, 5.41) is 15.6. The van der Waals surface area contributed by atoms with Gasteiger partial charge in [-0.05, 0) is 73.4 Å². The Morgan fingerprint density at radius 2 is 2.11 bits per heavy atom. The molecule has 1 atom stereocenters. The monoisotopic (exact) mass is 411 g/mol. The van der Waals surface area contributed by atoms with Crippen LogP contribution >= 0.6 is 22.7 Å². The van der Waals surface area contributed by atoms with Crippen molar-refractivity contribution in [3.63, 3.8) is 0 Å². The SMILES string of the molecule is N#Cc1c(NC(=O)CCN2CCc3sccc3[C@@H]2C2CC2)sc2c1CCCC2. The lowest BCUT2D eigenvalue weighted by molar-refractivity contribution is -0.116. The molecule has 0 unspecified atom stereocenters. The van der Waals surface area contributed by atoms with Crippen LogP contribution in [0.15, 0.2) is 11.4 Å². The first-order valence-corrected chi connectivity index (χ1v) is 12.1. The lowest BCUT2D eigenvalue weighted by Crippen LogP contribution is -2.37. The number of hydrogen-bond acceptors (Lipinski definition) is 5. The first-order valence-electron chi connectivity index (χ1n) is 10.4. The Morgan fingerprint density at radius 1 is 1.25 bits per heavy atom. The molecule has 2 aromatic rings. The maximum Gasteiger partial charge on any atom is 0.226 e. The Kier molecular flexibility index (Phi) is 5.00. The molecule has 6 heteroatoms. The first kappa shape index (κ1) is 18.4. The standard InChI is InChI=1S/C22H25N3OS2/c23-13-17-15-3-1-2-4-19(15)28-22(17)24-20(26)8-11-25-10-7-18-16(9-12-27-18)21(25)14-5-6-14/h9,12,14,21H,1-8,10-11H2,(H,24,26)/t21-/m0/s1. The van der Waals surface area contributed by atoms with Crippen molar-refractivity contribution >= 4 is 33.6 Å². The highest BCUT2D eigenvalue weighted by Crippen LogP contribution is 2.48. The second-order valence-corrected chi connectivity index (χ2v) is 10.3. The van der Waals surface area contributed by atoms with Crippen LogP contribution in [-0.2, 0) is 24.1 Å². The molecule has 2 aliphatic carbocycles. The number of hydrogen-bond donors (Lipinski definition) is 1. The van der Waals surface area contributed by atoms with Gasteiger partial charge < -0.3 is 5.32 Å². The van der Waals surface area contributed by atoms with Gasteiger partial charge in [0.1, 0.15) is 11.1 Å². The topological polar surface area (TPSA) is 56.1 Å². The Balaban J connectivity index is 1.25. The van der Waals surface area contributed by atoms with Crippen LogP contribution in [0.5, 0.6) is 0 Å². The number of nitriles is 1. The zero-order valence-corrected chi connectivity index (χ0v) is 17.6. The minimum absolute atomic E-state index is 0.0424. The van der Waals surface area contributed by atoms with Crippen LogP contribution < -0.4 is 5.32 Å². The summed E-state index contributed by atoms with van der Waals surface area (Å²) in [6.45, 7) is 1.86. The van der Waals surface area contributed by atoms with Gasteiger partial charge in [0.05, 0.1) is 5.56 Å². The Hall–Kier alpha value is -1.68. The van der Waals surface area contributed by atoms with Crippen LogP contribution in [0.25, 0.3) is 0 Å². The van der Waals surface area contributed by atoms with Crippen molar-refractivity contribution < 1.29 is 4.79 Å². The number of anilines is 1.